The van der Waals surface area contributed by atoms with Crippen molar-refractivity contribution in [2.24, 2.45) is 5.92 Å². The molecule has 0 aromatic heterocycles. The Bertz CT molecular complexity index is 539. The van der Waals surface area contributed by atoms with E-state index in [9.17, 15) is 14.3 Å². The quantitative estimate of drug-likeness (QED) is 0.931. The molecule has 1 saturated heterocycles. The second kappa shape index (κ2) is 5.64. The van der Waals surface area contributed by atoms with Crippen LogP contribution in [0.25, 0.3) is 0 Å². The highest BCUT2D eigenvalue weighted by molar-refractivity contribution is 5.72. The van der Waals surface area contributed by atoms with Gasteiger partial charge in [-0.25, -0.2) is 4.39 Å². The summed E-state index contributed by atoms with van der Waals surface area (Å²) in [5.41, 5.74) is 0.320. The van der Waals surface area contributed by atoms with Crippen LogP contribution in [0.2, 0.25) is 0 Å². The largest absolute Gasteiger partial charge is 0.497 e. The van der Waals surface area contributed by atoms with Gasteiger partial charge in [-0.05, 0) is 32.4 Å². The normalized spacial score (nSPS) is 23.3. The average molecular weight is 295 g/mol. The van der Waals surface area contributed by atoms with Gasteiger partial charge < -0.3 is 9.84 Å². The molecule has 2 rings (SSSR count). The average Bonchev–Trinajstić information content (AvgIpc) is 2.83. The van der Waals surface area contributed by atoms with E-state index < -0.39 is 17.7 Å². The summed E-state index contributed by atoms with van der Waals surface area (Å²) in [5, 5.41) is 9.45. The molecule has 0 amide bonds. The van der Waals surface area contributed by atoms with E-state index >= 15 is 0 Å². The summed E-state index contributed by atoms with van der Waals surface area (Å²) in [5.74, 6) is -1.77. The van der Waals surface area contributed by atoms with Gasteiger partial charge in [-0.3, -0.25) is 9.69 Å². The number of aliphatic carboxylic acids is 1. The van der Waals surface area contributed by atoms with Crippen LogP contribution in [0.1, 0.15) is 32.3 Å². The van der Waals surface area contributed by atoms with Gasteiger partial charge in [0.25, 0.3) is 0 Å². The van der Waals surface area contributed by atoms with Gasteiger partial charge in [0, 0.05) is 30.6 Å². The van der Waals surface area contributed by atoms with Crippen LogP contribution in [0.15, 0.2) is 18.2 Å². The molecule has 1 aromatic carbocycles. The van der Waals surface area contributed by atoms with E-state index in [1.54, 1.807) is 12.1 Å². The van der Waals surface area contributed by atoms with Gasteiger partial charge in [-0.2, -0.15) is 0 Å². The van der Waals surface area contributed by atoms with E-state index in [2.05, 4.69) is 4.90 Å². The van der Waals surface area contributed by atoms with E-state index in [-0.39, 0.29) is 11.5 Å². The van der Waals surface area contributed by atoms with E-state index in [0.717, 1.165) is 0 Å². The molecule has 21 heavy (non-hydrogen) atoms. The molecule has 2 atom stereocenters. The molecule has 1 aliphatic rings. The molecule has 4 nitrogen and oxygen atoms in total. The molecule has 0 aliphatic carbocycles. The van der Waals surface area contributed by atoms with E-state index in [4.69, 9.17) is 4.74 Å². The minimum Gasteiger partial charge on any atom is -0.497 e. The van der Waals surface area contributed by atoms with Gasteiger partial charge in [-0.1, -0.05) is 6.07 Å². The zero-order valence-electron chi connectivity index (χ0n) is 12.9. The predicted molar refractivity (Wildman–Crippen MR) is 78.1 cm³/mol. The van der Waals surface area contributed by atoms with Crippen LogP contribution in [-0.2, 0) is 4.79 Å². The molecule has 116 valence electrons. The third-order valence-electron chi connectivity index (χ3n) is 4.19. The number of hydrogen-bond donors (Lipinski definition) is 1. The third-order valence-corrected chi connectivity index (χ3v) is 4.19. The Morgan fingerprint density at radius 1 is 1.38 bits per heavy atom. The Morgan fingerprint density at radius 2 is 2.05 bits per heavy atom. The summed E-state index contributed by atoms with van der Waals surface area (Å²) in [7, 11) is 1.48. The molecule has 2 unspecified atom stereocenters. The van der Waals surface area contributed by atoms with Crippen molar-refractivity contribution in [1.29, 1.82) is 0 Å². The molecule has 1 heterocycles. The van der Waals surface area contributed by atoms with Crippen LogP contribution in [-0.4, -0.2) is 41.7 Å². The maximum atomic E-state index is 14.3. The van der Waals surface area contributed by atoms with Crippen LogP contribution < -0.4 is 4.74 Å². The zero-order valence-corrected chi connectivity index (χ0v) is 12.9. The number of carboxylic acid groups (broad SMARTS) is 1. The van der Waals surface area contributed by atoms with E-state index in [1.807, 2.05) is 20.8 Å². The number of carbonyl (C=O) groups is 1. The Kier molecular flexibility index (Phi) is 4.23. The molecule has 1 fully saturated rings. The van der Waals surface area contributed by atoms with E-state index in [1.165, 1.54) is 13.2 Å². The third kappa shape index (κ3) is 3.18. The smallest absolute Gasteiger partial charge is 0.308 e. The highest BCUT2D eigenvalue weighted by Gasteiger charge is 2.42. The van der Waals surface area contributed by atoms with Crippen LogP contribution >= 0.6 is 0 Å². The topological polar surface area (TPSA) is 49.8 Å². The van der Waals surface area contributed by atoms with Crippen molar-refractivity contribution >= 4 is 5.97 Å². The SMILES string of the molecule is COc1ccc(C2CN(C(C)(C)C)CC2C(=O)O)c(F)c1. The molecule has 5 heteroatoms. The number of nitrogens with zero attached hydrogens (tertiary/aromatic N) is 1. The molecule has 1 N–H and O–H groups in total. The first-order valence-corrected chi connectivity index (χ1v) is 7.05. The molecule has 1 aromatic rings. The number of rotatable bonds is 3. The fourth-order valence-corrected chi connectivity index (χ4v) is 2.85. The number of ether oxygens (including phenoxy) is 1. The fourth-order valence-electron chi connectivity index (χ4n) is 2.85. The summed E-state index contributed by atoms with van der Waals surface area (Å²) < 4.78 is 19.3. The van der Waals surface area contributed by atoms with Crippen molar-refractivity contribution in [3.05, 3.63) is 29.6 Å². The second-order valence-corrected chi connectivity index (χ2v) is 6.51. The first-order chi connectivity index (χ1) is 9.74. The minimum absolute atomic E-state index is 0.134. The van der Waals surface area contributed by atoms with Crippen LogP contribution in [0.3, 0.4) is 0 Å². The van der Waals surface area contributed by atoms with Crippen LogP contribution in [0, 0.1) is 11.7 Å². The molecule has 0 bridgehead atoms. The summed E-state index contributed by atoms with van der Waals surface area (Å²) in [6.07, 6.45) is 0. The van der Waals surface area contributed by atoms with Gasteiger partial charge in [0.2, 0.25) is 0 Å². The molecule has 1 aliphatic heterocycles. The van der Waals surface area contributed by atoms with Gasteiger partial charge in [0.1, 0.15) is 11.6 Å². The van der Waals surface area contributed by atoms with Gasteiger partial charge in [0.05, 0.1) is 13.0 Å². The van der Waals surface area contributed by atoms with Gasteiger partial charge in [-0.15, -0.1) is 0 Å². The molecular weight excluding hydrogens is 273 g/mol. The van der Waals surface area contributed by atoms with Gasteiger partial charge >= 0.3 is 5.97 Å². The first kappa shape index (κ1) is 15.8. The Labute approximate surface area is 124 Å². The van der Waals surface area contributed by atoms with Gasteiger partial charge in [0.15, 0.2) is 0 Å². The predicted octanol–water partition coefficient (Wildman–Crippen LogP) is 2.73. The summed E-state index contributed by atoms with van der Waals surface area (Å²) in [4.78, 5) is 13.6. The Balaban J connectivity index is 2.34. The number of benzene rings is 1. The van der Waals surface area contributed by atoms with Crippen molar-refractivity contribution in [1.82, 2.24) is 4.90 Å². The maximum absolute atomic E-state index is 14.3. The van der Waals surface area contributed by atoms with Crippen molar-refractivity contribution in [3.63, 3.8) is 0 Å². The van der Waals surface area contributed by atoms with Crippen LogP contribution in [0.5, 0.6) is 5.75 Å². The standard InChI is InChI=1S/C16H22FNO3/c1-16(2,3)18-8-12(13(9-18)15(19)20)11-6-5-10(21-4)7-14(11)17/h5-7,12-13H,8-9H2,1-4H3,(H,19,20). The lowest BCUT2D eigenvalue weighted by molar-refractivity contribution is -0.141. The summed E-state index contributed by atoms with van der Waals surface area (Å²) >= 11 is 0. The number of hydrogen-bond acceptors (Lipinski definition) is 3. The Hall–Kier alpha value is -1.62. The number of likely N-dealkylation sites (tertiary alicyclic amines) is 1. The number of methoxy groups -OCH3 is 1. The highest BCUT2D eigenvalue weighted by atomic mass is 19.1. The van der Waals surface area contributed by atoms with Crippen molar-refractivity contribution in [3.8, 4) is 5.75 Å². The molecule has 0 radical (unpaired) electrons. The lowest BCUT2D eigenvalue weighted by atomic mass is 9.88. The van der Waals surface area contributed by atoms with Crippen molar-refractivity contribution < 1.29 is 19.0 Å². The minimum atomic E-state index is -0.873. The number of carboxylic acids is 1. The summed E-state index contributed by atoms with van der Waals surface area (Å²) in [6, 6.07) is 4.63. The number of halogens is 1. The van der Waals surface area contributed by atoms with Crippen LogP contribution in [0.4, 0.5) is 4.39 Å². The molecule has 0 spiro atoms. The van der Waals surface area contributed by atoms with Crippen molar-refractivity contribution in [2.45, 2.75) is 32.2 Å². The fraction of sp³-hybridized carbons (Fsp3) is 0.562. The second-order valence-electron chi connectivity index (χ2n) is 6.51. The highest BCUT2D eigenvalue weighted by Crippen LogP contribution is 2.38. The Morgan fingerprint density at radius 3 is 2.52 bits per heavy atom. The molecule has 0 saturated carbocycles. The first-order valence-electron chi connectivity index (χ1n) is 7.05. The lowest BCUT2D eigenvalue weighted by Crippen LogP contribution is -2.40. The zero-order chi connectivity index (χ0) is 15.8. The monoisotopic (exact) mass is 295 g/mol. The molecular formula is C16H22FNO3. The van der Waals surface area contributed by atoms with Crippen molar-refractivity contribution in [2.75, 3.05) is 20.2 Å². The summed E-state index contributed by atoms with van der Waals surface area (Å²) in [6.45, 7) is 7.11. The maximum Gasteiger partial charge on any atom is 0.308 e. The lowest BCUT2D eigenvalue weighted by Gasteiger charge is -2.31. The van der Waals surface area contributed by atoms with E-state index in [0.29, 0.717) is 24.4 Å².